The predicted molar refractivity (Wildman–Crippen MR) is 88.3 cm³/mol. The van der Waals surface area contributed by atoms with Crippen LogP contribution in [0.3, 0.4) is 0 Å². The van der Waals surface area contributed by atoms with Crippen LogP contribution in [0.1, 0.15) is 27.5 Å². The van der Waals surface area contributed by atoms with E-state index in [1.165, 1.54) is 21.7 Å². The maximum atomic E-state index is 4.62. The molecule has 0 bridgehead atoms. The fraction of sp³-hybridized carbons (Fsp3) is 0.500. The van der Waals surface area contributed by atoms with E-state index in [9.17, 15) is 0 Å². The number of aromatic nitrogens is 2. The van der Waals surface area contributed by atoms with Crippen LogP contribution in [0.25, 0.3) is 0 Å². The Morgan fingerprint density at radius 1 is 1.24 bits per heavy atom. The largest absolute Gasteiger partial charge is 0.369 e. The summed E-state index contributed by atoms with van der Waals surface area (Å²) < 4.78 is 0. The zero-order chi connectivity index (χ0) is 14.7. The van der Waals surface area contributed by atoms with E-state index in [4.69, 9.17) is 0 Å². The first-order valence-corrected chi connectivity index (χ1v) is 8.46. The van der Waals surface area contributed by atoms with E-state index in [0.717, 1.165) is 50.5 Å². The van der Waals surface area contributed by atoms with Gasteiger partial charge in [0, 0.05) is 30.0 Å². The van der Waals surface area contributed by atoms with E-state index in [0.29, 0.717) is 0 Å². The molecule has 2 aromatic heterocycles. The summed E-state index contributed by atoms with van der Waals surface area (Å²) in [6.07, 6.45) is 3.06. The molecule has 0 aromatic carbocycles. The minimum absolute atomic E-state index is 0.866. The van der Waals surface area contributed by atoms with Crippen molar-refractivity contribution >= 4 is 17.2 Å². The lowest BCUT2D eigenvalue weighted by molar-refractivity contribution is 0.708. The summed E-state index contributed by atoms with van der Waals surface area (Å²) in [6, 6.07) is 2.19. The number of nitrogens with one attached hydrogen (secondary N) is 2. The van der Waals surface area contributed by atoms with Gasteiger partial charge in [-0.25, -0.2) is 9.97 Å². The Hall–Kier alpha value is -1.46. The summed E-state index contributed by atoms with van der Waals surface area (Å²) in [6.45, 7) is 7.11. The zero-order valence-corrected chi connectivity index (χ0v) is 13.5. The van der Waals surface area contributed by atoms with Crippen molar-refractivity contribution in [3.05, 3.63) is 39.0 Å². The number of nitrogens with zero attached hydrogens (tertiary/aromatic N) is 2. The first-order valence-electron chi connectivity index (χ1n) is 7.58. The van der Waals surface area contributed by atoms with Gasteiger partial charge in [-0.1, -0.05) is 0 Å². The summed E-state index contributed by atoms with van der Waals surface area (Å²) in [5, 5.41) is 9.13. The van der Waals surface area contributed by atoms with E-state index in [1.54, 1.807) is 0 Å². The third kappa shape index (κ3) is 3.41. The molecule has 4 nitrogen and oxygen atoms in total. The van der Waals surface area contributed by atoms with Gasteiger partial charge in [0.2, 0.25) is 0 Å². The maximum Gasteiger partial charge on any atom is 0.133 e. The molecule has 2 aromatic rings. The van der Waals surface area contributed by atoms with Crippen molar-refractivity contribution < 1.29 is 0 Å². The van der Waals surface area contributed by atoms with Crippen LogP contribution in [-0.4, -0.2) is 29.6 Å². The molecule has 0 unspecified atom stereocenters. The number of rotatable bonds is 4. The zero-order valence-electron chi connectivity index (χ0n) is 12.7. The average molecular weight is 302 g/mol. The van der Waals surface area contributed by atoms with Crippen molar-refractivity contribution in [3.63, 3.8) is 0 Å². The molecule has 5 heteroatoms. The van der Waals surface area contributed by atoms with Gasteiger partial charge in [0.15, 0.2) is 0 Å². The topological polar surface area (TPSA) is 49.8 Å². The van der Waals surface area contributed by atoms with Crippen molar-refractivity contribution in [2.75, 3.05) is 25.0 Å². The van der Waals surface area contributed by atoms with E-state index in [2.05, 4.69) is 39.0 Å². The number of hydrogen-bond donors (Lipinski definition) is 2. The minimum atomic E-state index is 0.866. The predicted octanol–water partition coefficient (Wildman–Crippen LogP) is 2.50. The molecule has 0 aliphatic carbocycles. The average Bonchev–Trinajstić information content (AvgIpc) is 2.73. The van der Waals surface area contributed by atoms with Crippen LogP contribution in [0.2, 0.25) is 0 Å². The maximum absolute atomic E-state index is 4.62. The van der Waals surface area contributed by atoms with E-state index < -0.39 is 0 Å². The highest BCUT2D eigenvalue weighted by Gasteiger charge is 2.15. The first-order chi connectivity index (χ1) is 10.2. The molecule has 0 atom stereocenters. The number of thiophene rings is 1. The van der Waals surface area contributed by atoms with Crippen LogP contribution in [0.15, 0.2) is 11.4 Å². The molecule has 3 rings (SSSR count). The lowest BCUT2D eigenvalue weighted by Gasteiger charge is -2.13. The molecule has 112 valence electrons. The number of anilines is 1. The highest BCUT2D eigenvalue weighted by Crippen LogP contribution is 2.20. The second-order valence-corrected chi connectivity index (χ2v) is 6.50. The van der Waals surface area contributed by atoms with Crippen LogP contribution >= 0.6 is 11.3 Å². The highest BCUT2D eigenvalue weighted by molar-refractivity contribution is 7.10. The van der Waals surface area contributed by atoms with Gasteiger partial charge in [-0.3, -0.25) is 0 Å². The Balaban J connectivity index is 1.72. The molecule has 0 fully saturated rings. The first kappa shape index (κ1) is 14.5. The second-order valence-electron chi connectivity index (χ2n) is 5.50. The van der Waals surface area contributed by atoms with E-state index >= 15 is 0 Å². The van der Waals surface area contributed by atoms with Crippen LogP contribution < -0.4 is 10.6 Å². The van der Waals surface area contributed by atoms with Gasteiger partial charge in [-0.05, 0) is 50.2 Å². The fourth-order valence-corrected chi connectivity index (χ4v) is 3.68. The lowest BCUT2D eigenvalue weighted by atomic mass is 10.1. The van der Waals surface area contributed by atoms with Crippen molar-refractivity contribution in [3.8, 4) is 0 Å². The highest BCUT2D eigenvalue weighted by atomic mass is 32.1. The molecule has 0 saturated heterocycles. The van der Waals surface area contributed by atoms with Crippen molar-refractivity contribution in [1.82, 2.24) is 15.3 Å². The Kier molecular flexibility index (Phi) is 4.51. The Morgan fingerprint density at radius 2 is 2.10 bits per heavy atom. The van der Waals surface area contributed by atoms with Gasteiger partial charge in [0.1, 0.15) is 11.6 Å². The molecule has 0 amide bonds. The lowest BCUT2D eigenvalue weighted by Crippen LogP contribution is -2.16. The summed E-state index contributed by atoms with van der Waals surface area (Å²) in [5.74, 6) is 1.90. The third-order valence-electron chi connectivity index (χ3n) is 3.91. The molecule has 0 radical (unpaired) electrons. The van der Waals surface area contributed by atoms with Crippen LogP contribution in [0.4, 0.5) is 5.82 Å². The van der Waals surface area contributed by atoms with Gasteiger partial charge < -0.3 is 10.6 Å². The summed E-state index contributed by atoms with van der Waals surface area (Å²) in [4.78, 5) is 10.7. The molecule has 1 aliphatic heterocycles. The van der Waals surface area contributed by atoms with Gasteiger partial charge in [-0.15, -0.1) is 11.3 Å². The molecule has 3 heterocycles. The summed E-state index contributed by atoms with van der Waals surface area (Å²) in [7, 11) is 0. The van der Waals surface area contributed by atoms with Gasteiger partial charge in [0.25, 0.3) is 0 Å². The number of fused-ring (bicyclic) bond motifs is 1. The Morgan fingerprint density at radius 3 is 2.90 bits per heavy atom. The Labute approximate surface area is 130 Å². The molecular weight excluding hydrogens is 280 g/mol. The van der Waals surface area contributed by atoms with Gasteiger partial charge >= 0.3 is 0 Å². The normalized spacial score (nSPS) is 14.6. The van der Waals surface area contributed by atoms with Crippen molar-refractivity contribution in [1.29, 1.82) is 0 Å². The molecule has 1 aliphatic rings. The van der Waals surface area contributed by atoms with Crippen molar-refractivity contribution in [2.45, 2.75) is 33.1 Å². The molecule has 21 heavy (non-hydrogen) atoms. The van der Waals surface area contributed by atoms with Crippen LogP contribution in [-0.2, 0) is 19.3 Å². The standard InChI is InChI=1S/C16H22N4S/c1-11-6-10-21-15(11)5-9-18-16-13-3-7-17-8-4-14(13)19-12(2)20-16/h6,10,17H,3-5,7-9H2,1-2H3,(H,18,19,20). The van der Waals surface area contributed by atoms with E-state index in [-0.39, 0.29) is 0 Å². The fourth-order valence-electron chi connectivity index (χ4n) is 2.77. The van der Waals surface area contributed by atoms with Crippen molar-refractivity contribution in [2.24, 2.45) is 0 Å². The molecular formula is C16H22N4S. The monoisotopic (exact) mass is 302 g/mol. The quantitative estimate of drug-likeness (QED) is 0.911. The SMILES string of the molecule is Cc1nc2c(c(NCCc3sccc3C)n1)CCNCC2. The number of aryl methyl sites for hydroxylation is 2. The second kappa shape index (κ2) is 6.54. The minimum Gasteiger partial charge on any atom is -0.369 e. The third-order valence-corrected chi connectivity index (χ3v) is 4.99. The molecule has 0 spiro atoms. The molecule has 2 N–H and O–H groups in total. The summed E-state index contributed by atoms with van der Waals surface area (Å²) >= 11 is 1.84. The smallest absolute Gasteiger partial charge is 0.133 e. The van der Waals surface area contributed by atoms with Crippen LogP contribution in [0.5, 0.6) is 0 Å². The van der Waals surface area contributed by atoms with Gasteiger partial charge in [-0.2, -0.15) is 0 Å². The summed E-state index contributed by atoms with van der Waals surface area (Å²) in [5.41, 5.74) is 3.90. The molecule has 0 saturated carbocycles. The van der Waals surface area contributed by atoms with Gasteiger partial charge in [0.05, 0.1) is 5.69 Å². The Bertz CT molecular complexity index is 621. The van der Waals surface area contributed by atoms with Crippen LogP contribution in [0, 0.1) is 13.8 Å². The number of hydrogen-bond acceptors (Lipinski definition) is 5. The van der Waals surface area contributed by atoms with E-state index in [1.807, 2.05) is 18.3 Å².